The second-order valence-electron chi connectivity index (χ2n) is 4.63. The van der Waals surface area contributed by atoms with Gasteiger partial charge in [0.25, 0.3) is 0 Å². The molecule has 0 saturated heterocycles. The molecule has 2 heteroatoms. The second-order valence-corrected chi connectivity index (χ2v) is 4.63. The van der Waals surface area contributed by atoms with E-state index in [1.807, 2.05) is 0 Å². The minimum atomic E-state index is 0.244. The molecular formula is C14H30O2. The monoisotopic (exact) mass is 230 g/mol. The summed E-state index contributed by atoms with van der Waals surface area (Å²) in [5, 5.41) is 8.63. The van der Waals surface area contributed by atoms with Crippen LogP contribution in [0.1, 0.15) is 65.2 Å². The van der Waals surface area contributed by atoms with Gasteiger partial charge in [-0.05, 0) is 18.8 Å². The molecule has 0 aromatic heterocycles. The van der Waals surface area contributed by atoms with E-state index in [4.69, 9.17) is 9.84 Å². The van der Waals surface area contributed by atoms with Gasteiger partial charge in [-0.25, -0.2) is 0 Å². The zero-order valence-electron chi connectivity index (χ0n) is 11.2. The van der Waals surface area contributed by atoms with E-state index < -0.39 is 0 Å². The van der Waals surface area contributed by atoms with Crippen molar-refractivity contribution in [1.29, 1.82) is 0 Å². The molecule has 0 amide bonds. The number of hydrogen-bond donors (Lipinski definition) is 1. The molecule has 0 rings (SSSR count). The highest BCUT2D eigenvalue weighted by Gasteiger charge is 2.05. The van der Waals surface area contributed by atoms with Gasteiger partial charge in [0.05, 0.1) is 0 Å². The van der Waals surface area contributed by atoms with Crippen LogP contribution in [-0.4, -0.2) is 24.9 Å². The molecule has 16 heavy (non-hydrogen) atoms. The first kappa shape index (κ1) is 15.9. The van der Waals surface area contributed by atoms with E-state index >= 15 is 0 Å². The minimum Gasteiger partial charge on any atom is -0.396 e. The number of aliphatic hydroxyl groups is 1. The van der Waals surface area contributed by atoms with Crippen molar-refractivity contribution >= 4 is 0 Å². The highest BCUT2D eigenvalue weighted by molar-refractivity contribution is 4.57. The zero-order chi connectivity index (χ0) is 12.1. The van der Waals surface area contributed by atoms with E-state index in [2.05, 4.69) is 13.8 Å². The Labute approximate surface area is 101 Å². The maximum Gasteiger partial charge on any atom is 0.0494 e. The molecule has 0 aromatic rings. The van der Waals surface area contributed by atoms with Crippen molar-refractivity contribution in [2.24, 2.45) is 5.92 Å². The van der Waals surface area contributed by atoms with Gasteiger partial charge in [-0.15, -0.1) is 0 Å². The molecule has 0 aliphatic heterocycles. The quantitative estimate of drug-likeness (QED) is 0.517. The Morgan fingerprint density at radius 1 is 1.00 bits per heavy atom. The fourth-order valence-corrected chi connectivity index (χ4v) is 1.86. The molecule has 0 bridgehead atoms. The van der Waals surface area contributed by atoms with Crippen LogP contribution >= 0.6 is 0 Å². The van der Waals surface area contributed by atoms with Gasteiger partial charge >= 0.3 is 0 Å². The molecule has 0 saturated carbocycles. The van der Waals surface area contributed by atoms with Crippen molar-refractivity contribution in [1.82, 2.24) is 0 Å². The van der Waals surface area contributed by atoms with Crippen molar-refractivity contribution < 1.29 is 9.84 Å². The number of unbranched alkanes of at least 4 members (excludes halogenated alkanes) is 4. The topological polar surface area (TPSA) is 29.5 Å². The number of aliphatic hydroxyl groups excluding tert-OH is 1. The first-order valence-corrected chi connectivity index (χ1v) is 7.03. The lowest BCUT2D eigenvalue weighted by Gasteiger charge is -2.14. The standard InChI is InChI=1S/C14H30O2/c1-3-5-6-7-8-10-14(4-2)13-16-12-9-11-15/h14-15H,3-13H2,1-2H3. The summed E-state index contributed by atoms with van der Waals surface area (Å²) in [6.07, 6.45) is 10.1. The van der Waals surface area contributed by atoms with Crippen LogP contribution in [0.15, 0.2) is 0 Å². The van der Waals surface area contributed by atoms with E-state index in [0.29, 0.717) is 6.61 Å². The Morgan fingerprint density at radius 3 is 2.38 bits per heavy atom. The summed E-state index contributed by atoms with van der Waals surface area (Å²) in [7, 11) is 0. The van der Waals surface area contributed by atoms with Crippen LogP contribution < -0.4 is 0 Å². The molecule has 1 atom stereocenters. The maximum absolute atomic E-state index is 8.63. The number of rotatable bonds is 12. The maximum atomic E-state index is 8.63. The summed E-state index contributed by atoms with van der Waals surface area (Å²) in [5.74, 6) is 0.723. The van der Waals surface area contributed by atoms with Crippen molar-refractivity contribution in [2.75, 3.05) is 19.8 Å². The number of ether oxygens (including phenoxy) is 1. The van der Waals surface area contributed by atoms with Gasteiger partial charge in [-0.3, -0.25) is 0 Å². The minimum absolute atomic E-state index is 0.244. The third kappa shape index (κ3) is 10.4. The average Bonchev–Trinajstić information content (AvgIpc) is 2.31. The van der Waals surface area contributed by atoms with Crippen LogP contribution in [0.2, 0.25) is 0 Å². The Hall–Kier alpha value is -0.0800. The van der Waals surface area contributed by atoms with Crippen LogP contribution in [0.4, 0.5) is 0 Å². The van der Waals surface area contributed by atoms with E-state index in [9.17, 15) is 0 Å². The summed E-state index contributed by atoms with van der Waals surface area (Å²) >= 11 is 0. The summed E-state index contributed by atoms with van der Waals surface area (Å²) in [6, 6.07) is 0. The Bertz CT molecular complexity index is 126. The van der Waals surface area contributed by atoms with Crippen molar-refractivity contribution in [3.8, 4) is 0 Å². The van der Waals surface area contributed by atoms with Gasteiger partial charge in [0.15, 0.2) is 0 Å². The van der Waals surface area contributed by atoms with Crippen LogP contribution in [0, 0.1) is 5.92 Å². The fourth-order valence-electron chi connectivity index (χ4n) is 1.86. The molecule has 98 valence electrons. The van der Waals surface area contributed by atoms with Crippen molar-refractivity contribution in [3.63, 3.8) is 0 Å². The molecule has 0 aliphatic rings. The zero-order valence-corrected chi connectivity index (χ0v) is 11.2. The van der Waals surface area contributed by atoms with E-state index in [-0.39, 0.29) is 6.61 Å². The fraction of sp³-hybridized carbons (Fsp3) is 1.00. The third-order valence-electron chi connectivity index (χ3n) is 3.09. The summed E-state index contributed by atoms with van der Waals surface area (Å²) in [4.78, 5) is 0. The highest BCUT2D eigenvalue weighted by atomic mass is 16.5. The molecule has 1 unspecified atom stereocenters. The normalized spacial score (nSPS) is 12.9. The molecule has 0 aromatic carbocycles. The molecule has 0 aliphatic carbocycles. The molecular weight excluding hydrogens is 200 g/mol. The highest BCUT2D eigenvalue weighted by Crippen LogP contribution is 2.15. The second kappa shape index (κ2) is 13.0. The molecule has 0 heterocycles. The smallest absolute Gasteiger partial charge is 0.0494 e. The van der Waals surface area contributed by atoms with Gasteiger partial charge in [0, 0.05) is 19.8 Å². The van der Waals surface area contributed by atoms with Crippen molar-refractivity contribution in [3.05, 3.63) is 0 Å². The first-order chi connectivity index (χ1) is 7.85. The predicted octanol–water partition coefficient (Wildman–Crippen LogP) is 3.77. The van der Waals surface area contributed by atoms with E-state index in [0.717, 1.165) is 18.9 Å². The third-order valence-corrected chi connectivity index (χ3v) is 3.09. The van der Waals surface area contributed by atoms with Crippen LogP contribution in [0.25, 0.3) is 0 Å². The Morgan fingerprint density at radius 2 is 1.75 bits per heavy atom. The lowest BCUT2D eigenvalue weighted by molar-refractivity contribution is 0.0819. The summed E-state index contributed by atoms with van der Waals surface area (Å²) < 4.78 is 5.55. The predicted molar refractivity (Wildman–Crippen MR) is 69.7 cm³/mol. The van der Waals surface area contributed by atoms with E-state index in [1.54, 1.807) is 0 Å². The molecule has 0 radical (unpaired) electrons. The van der Waals surface area contributed by atoms with Gasteiger partial charge in [0.1, 0.15) is 0 Å². The van der Waals surface area contributed by atoms with Gasteiger partial charge in [0.2, 0.25) is 0 Å². The van der Waals surface area contributed by atoms with Gasteiger partial charge in [-0.2, -0.15) is 0 Å². The largest absolute Gasteiger partial charge is 0.396 e. The average molecular weight is 230 g/mol. The van der Waals surface area contributed by atoms with Crippen LogP contribution in [0.5, 0.6) is 0 Å². The first-order valence-electron chi connectivity index (χ1n) is 7.03. The molecule has 1 N–H and O–H groups in total. The number of hydrogen-bond acceptors (Lipinski definition) is 2. The van der Waals surface area contributed by atoms with Crippen molar-refractivity contribution in [2.45, 2.75) is 65.2 Å². The lowest BCUT2D eigenvalue weighted by Crippen LogP contribution is -2.10. The Balaban J connectivity index is 3.29. The van der Waals surface area contributed by atoms with Crippen LogP contribution in [-0.2, 0) is 4.74 Å². The molecule has 0 spiro atoms. The molecule has 0 fully saturated rings. The summed E-state index contributed by atoms with van der Waals surface area (Å²) in [6.45, 7) is 6.33. The SMILES string of the molecule is CCCCCCCC(CC)COCCCO. The Kier molecular flexibility index (Phi) is 12.9. The summed E-state index contributed by atoms with van der Waals surface area (Å²) in [5.41, 5.74) is 0. The van der Waals surface area contributed by atoms with E-state index in [1.165, 1.54) is 44.9 Å². The van der Waals surface area contributed by atoms with Gasteiger partial charge < -0.3 is 9.84 Å². The molecule has 2 nitrogen and oxygen atoms in total. The lowest BCUT2D eigenvalue weighted by atomic mass is 9.99. The van der Waals surface area contributed by atoms with Gasteiger partial charge in [-0.1, -0.05) is 52.4 Å². The van der Waals surface area contributed by atoms with Crippen LogP contribution in [0.3, 0.4) is 0 Å².